The van der Waals surface area contributed by atoms with E-state index in [2.05, 4.69) is 22.9 Å². The van der Waals surface area contributed by atoms with Gasteiger partial charge in [0.1, 0.15) is 0 Å². The predicted octanol–water partition coefficient (Wildman–Crippen LogP) is 3.16. The van der Waals surface area contributed by atoms with Gasteiger partial charge in [-0.1, -0.05) is 0 Å². The third-order valence-corrected chi connectivity index (χ3v) is 5.10. The molecule has 1 atom stereocenters. The van der Waals surface area contributed by atoms with Crippen LogP contribution in [0.25, 0.3) is 9.40 Å². The van der Waals surface area contributed by atoms with Crippen molar-refractivity contribution in [2.24, 2.45) is 5.84 Å². The highest BCUT2D eigenvalue weighted by Crippen LogP contribution is 2.37. The first-order valence-electron chi connectivity index (χ1n) is 5.62. The summed E-state index contributed by atoms with van der Waals surface area (Å²) in [5.41, 5.74) is 4.15. The lowest BCUT2D eigenvalue weighted by atomic mass is 10.0. The number of rotatable bonds is 3. The van der Waals surface area contributed by atoms with Crippen LogP contribution in [0.4, 0.5) is 0 Å². The van der Waals surface area contributed by atoms with Crippen molar-refractivity contribution in [2.45, 2.75) is 18.9 Å². The van der Waals surface area contributed by atoms with Crippen molar-refractivity contribution in [1.82, 2.24) is 5.43 Å². The zero-order valence-corrected chi connectivity index (χ0v) is 10.9. The number of ether oxygens (including phenoxy) is 1. The molecule has 0 radical (unpaired) electrons. The molecular weight excluding hydrogens is 252 g/mol. The van der Waals surface area contributed by atoms with Crippen LogP contribution in [0, 0.1) is 0 Å². The van der Waals surface area contributed by atoms with Gasteiger partial charge in [-0.25, -0.2) is 5.43 Å². The Morgan fingerprint density at radius 2 is 2.35 bits per heavy atom. The number of hydrogen-bond donors (Lipinski definition) is 2. The molecule has 1 aliphatic rings. The summed E-state index contributed by atoms with van der Waals surface area (Å²) in [5.74, 6) is 5.69. The predicted molar refractivity (Wildman–Crippen MR) is 73.0 cm³/mol. The SMILES string of the molecule is NNC(C1=COCCC1)c1cc2sccc2s1. The molecule has 0 saturated carbocycles. The summed E-state index contributed by atoms with van der Waals surface area (Å²) >= 11 is 3.58. The van der Waals surface area contributed by atoms with E-state index in [1.807, 2.05) is 6.26 Å². The third kappa shape index (κ3) is 2.11. The van der Waals surface area contributed by atoms with Gasteiger partial charge in [-0.3, -0.25) is 5.84 Å². The zero-order valence-electron chi connectivity index (χ0n) is 9.31. The highest BCUT2D eigenvalue weighted by Gasteiger charge is 2.20. The quantitative estimate of drug-likeness (QED) is 0.662. The number of hydrogen-bond acceptors (Lipinski definition) is 5. The molecule has 1 unspecified atom stereocenters. The van der Waals surface area contributed by atoms with Gasteiger partial charge in [0.2, 0.25) is 0 Å². The molecule has 1 aliphatic heterocycles. The summed E-state index contributed by atoms with van der Waals surface area (Å²) in [6, 6.07) is 4.48. The molecule has 2 aromatic rings. The molecule has 0 aliphatic carbocycles. The lowest BCUT2D eigenvalue weighted by molar-refractivity contribution is 0.219. The zero-order chi connectivity index (χ0) is 11.7. The van der Waals surface area contributed by atoms with Crippen LogP contribution in [0.5, 0.6) is 0 Å². The highest BCUT2D eigenvalue weighted by molar-refractivity contribution is 7.27. The normalized spacial score (nSPS) is 17.8. The maximum Gasteiger partial charge on any atom is 0.0876 e. The van der Waals surface area contributed by atoms with E-state index in [1.54, 1.807) is 22.7 Å². The Bertz CT molecular complexity index is 515. The van der Waals surface area contributed by atoms with Crippen LogP contribution in [0.15, 0.2) is 29.3 Å². The monoisotopic (exact) mass is 266 g/mol. The summed E-state index contributed by atoms with van der Waals surface area (Å²) in [6.07, 6.45) is 3.99. The number of hydrazine groups is 1. The highest BCUT2D eigenvalue weighted by atomic mass is 32.1. The molecule has 17 heavy (non-hydrogen) atoms. The van der Waals surface area contributed by atoms with Crippen LogP contribution < -0.4 is 11.3 Å². The third-order valence-electron chi connectivity index (χ3n) is 2.94. The molecule has 3 nitrogen and oxygen atoms in total. The van der Waals surface area contributed by atoms with E-state index in [-0.39, 0.29) is 6.04 Å². The maximum atomic E-state index is 5.69. The van der Waals surface area contributed by atoms with Crippen molar-refractivity contribution >= 4 is 32.1 Å². The first-order valence-corrected chi connectivity index (χ1v) is 7.31. The first kappa shape index (κ1) is 11.2. The van der Waals surface area contributed by atoms with Crippen molar-refractivity contribution in [3.8, 4) is 0 Å². The first-order chi connectivity index (χ1) is 8.38. The second kappa shape index (κ2) is 4.78. The summed E-state index contributed by atoms with van der Waals surface area (Å²) in [7, 11) is 0. The van der Waals surface area contributed by atoms with Gasteiger partial charge in [0.25, 0.3) is 0 Å². The average molecular weight is 266 g/mol. The van der Waals surface area contributed by atoms with Crippen LogP contribution >= 0.6 is 22.7 Å². The van der Waals surface area contributed by atoms with E-state index in [1.165, 1.54) is 19.9 Å². The molecule has 3 heterocycles. The average Bonchev–Trinajstić information content (AvgIpc) is 2.92. The van der Waals surface area contributed by atoms with Crippen molar-refractivity contribution < 1.29 is 4.74 Å². The maximum absolute atomic E-state index is 5.69. The molecule has 0 fully saturated rings. The molecule has 2 aromatic heterocycles. The Kier molecular flexibility index (Phi) is 3.15. The molecule has 0 bridgehead atoms. The largest absolute Gasteiger partial charge is 0.501 e. The topological polar surface area (TPSA) is 47.3 Å². The van der Waals surface area contributed by atoms with Crippen LogP contribution in [0.3, 0.4) is 0 Å². The molecular formula is C12H14N2OS2. The van der Waals surface area contributed by atoms with Gasteiger partial charge in [-0.2, -0.15) is 0 Å². The minimum Gasteiger partial charge on any atom is -0.501 e. The van der Waals surface area contributed by atoms with Crippen molar-refractivity contribution in [3.63, 3.8) is 0 Å². The molecule has 0 amide bonds. The van der Waals surface area contributed by atoms with Gasteiger partial charge in [0.05, 0.1) is 18.9 Å². The van der Waals surface area contributed by atoms with Crippen molar-refractivity contribution in [3.05, 3.63) is 34.2 Å². The summed E-state index contributed by atoms with van der Waals surface area (Å²) in [6.45, 7) is 0.820. The van der Waals surface area contributed by atoms with Gasteiger partial charge in [0, 0.05) is 14.3 Å². The van der Waals surface area contributed by atoms with Crippen LogP contribution in [-0.4, -0.2) is 6.61 Å². The summed E-state index contributed by atoms with van der Waals surface area (Å²) in [4.78, 5) is 1.27. The smallest absolute Gasteiger partial charge is 0.0876 e. The van der Waals surface area contributed by atoms with E-state index in [0.29, 0.717) is 0 Å². The molecule has 90 valence electrons. The van der Waals surface area contributed by atoms with Gasteiger partial charge >= 0.3 is 0 Å². The fourth-order valence-electron chi connectivity index (χ4n) is 2.10. The Hall–Kier alpha value is -0.880. The molecule has 0 spiro atoms. The lowest BCUT2D eigenvalue weighted by Crippen LogP contribution is -2.29. The Morgan fingerprint density at radius 3 is 3.06 bits per heavy atom. The van der Waals surface area contributed by atoms with E-state index < -0.39 is 0 Å². The minimum atomic E-state index is 0.0971. The Balaban J connectivity index is 1.94. The molecule has 0 saturated heterocycles. The number of nitrogens with two attached hydrogens (primary N) is 1. The second-order valence-electron chi connectivity index (χ2n) is 4.06. The fraction of sp³-hybridized carbons (Fsp3) is 0.333. The van der Waals surface area contributed by atoms with Crippen molar-refractivity contribution in [2.75, 3.05) is 6.61 Å². The minimum absolute atomic E-state index is 0.0971. The van der Waals surface area contributed by atoms with E-state index >= 15 is 0 Å². The van der Waals surface area contributed by atoms with E-state index in [0.717, 1.165) is 19.4 Å². The van der Waals surface area contributed by atoms with Gasteiger partial charge in [-0.15, -0.1) is 22.7 Å². The molecule has 0 aromatic carbocycles. The summed E-state index contributed by atoms with van der Waals surface area (Å²) in [5, 5.41) is 2.12. The Morgan fingerprint density at radius 1 is 1.41 bits per heavy atom. The molecule has 5 heteroatoms. The molecule has 3 N–H and O–H groups in total. The van der Waals surface area contributed by atoms with Crippen LogP contribution in [-0.2, 0) is 4.74 Å². The second-order valence-corrected chi connectivity index (χ2v) is 6.13. The van der Waals surface area contributed by atoms with E-state index in [9.17, 15) is 0 Å². The van der Waals surface area contributed by atoms with Crippen LogP contribution in [0.2, 0.25) is 0 Å². The Labute approximate surface area is 108 Å². The number of fused-ring (bicyclic) bond motifs is 1. The van der Waals surface area contributed by atoms with Crippen molar-refractivity contribution in [1.29, 1.82) is 0 Å². The number of thiophene rings is 2. The van der Waals surface area contributed by atoms with Gasteiger partial charge < -0.3 is 4.74 Å². The molecule has 3 rings (SSSR count). The fourth-order valence-corrected chi connectivity index (χ4v) is 4.32. The lowest BCUT2D eigenvalue weighted by Gasteiger charge is -2.21. The van der Waals surface area contributed by atoms with Crippen LogP contribution in [0.1, 0.15) is 23.8 Å². The van der Waals surface area contributed by atoms with Gasteiger partial charge in [0.15, 0.2) is 0 Å². The number of nitrogens with one attached hydrogen (secondary N) is 1. The standard InChI is InChI=1S/C12H14N2OS2/c13-14-12(8-2-1-4-15-7-8)11-6-10-9(17-11)3-5-16-10/h3,5-7,12,14H,1-2,4,13H2. The van der Waals surface area contributed by atoms with Gasteiger partial charge in [-0.05, 0) is 35.9 Å². The van der Waals surface area contributed by atoms with E-state index in [4.69, 9.17) is 10.6 Å². The summed E-state index contributed by atoms with van der Waals surface area (Å²) < 4.78 is 8.06.